The van der Waals surface area contributed by atoms with Gasteiger partial charge in [-0.05, 0) is 43.7 Å². The van der Waals surface area contributed by atoms with E-state index in [1.54, 1.807) is 43.6 Å². The normalized spacial score (nSPS) is 13.3. The zero-order chi connectivity index (χ0) is 16.3. The molecule has 1 atom stereocenters. The Labute approximate surface area is 140 Å². The Morgan fingerprint density at radius 1 is 1.27 bits per heavy atom. The summed E-state index contributed by atoms with van der Waals surface area (Å²) in [6, 6.07) is 8.78. The van der Waals surface area contributed by atoms with Gasteiger partial charge in [-0.2, -0.15) is 0 Å². The second-order valence-corrected chi connectivity index (χ2v) is 8.35. The summed E-state index contributed by atoms with van der Waals surface area (Å²) in [5.41, 5.74) is 0.539. The molecular weight excluding hydrogens is 342 g/mol. The fourth-order valence-electron chi connectivity index (χ4n) is 2.07. The number of hydrogen-bond acceptors (Lipinski definition) is 4. The van der Waals surface area contributed by atoms with Crippen LogP contribution < -0.4 is 4.72 Å². The number of aryl methyl sites for hydroxylation is 1. The molecule has 0 saturated carbocycles. The Balaban J connectivity index is 2.17. The maximum absolute atomic E-state index is 12.4. The average Bonchev–Trinajstić information content (AvgIpc) is 2.89. The molecule has 120 valence electrons. The predicted octanol–water partition coefficient (Wildman–Crippen LogP) is 3.68. The van der Waals surface area contributed by atoms with Crippen molar-refractivity contribution in [1.82, 2.24) is 4.72 Å². The zero-order valence-corrected chi connectivity index (χ0v) is 15.0. The average molecular weight is 360 g/mol. The molecule has 0 radical (unpaired) electrons. The maximum Gasteiger partial charge on any atom is 0.240 e. The molecule has 0 fully saturated rings. The number of hydrogen-bond donors (Lipinski definition) is 1. The Morgan fingerprint density at radius 3 is 2.59 bits per heavy atom. The van der Waals surface area contributed by atoms with E-state index >= 15 is 0 Å². The van der Waals surface area contributed by atoms with Gasteiger partial charge in [0.15, 0.2) is 0 Å². The molecule has 2 rings (SSSR count). The van der Waals surface area contributed by atoms with Crippen LogP contribution in [0.1, 0.15) is 21.4 Å². The third kappa shape index (κ3) is 3.88. The van der Waals surface area contributed by atoms with Crippen LogP contribution >= 0.6 is 22.9 Å². The molecule has 0 aliphatic rings. The van der Waals surface area contributed by atoms with Gasteiger partial charge in [0.05, 0.1) is 4.90 Å². The van der Waals surface area contributed by atoms with Crippen molar-refractivity contribution in [3.8, 4) is 0 Å². The lowest BCUT2D eigenvalue weighted by Crippen LogP contribution is -2.29. The van der Waals surface area contributed by atoms with Gasteiger partial charge in [0.2, 0.25) is 10.0 Å². The van der Waals surface area contributed by atoms with Gasteiger partial charge in [-0.1, -0.05) is 17.7 Å². The van der Waals surface area contributed by atoms with Crippen molar-refractivity contribution in [3.05, 3.63) is 50.7 Å². The number of ether oxygens (including phenoxy) is 1. The first kappa shape index (κ1) is 17.4. The van der Waals surface area contributed by atoms with Crippen LogP contribution in [0.2, 0.25) is 5.02 Å². The molecule has 4 nitrogen and oxygen atoms in total. The van der Waals surface area contributed by atoms with E-state index in [-0.39, 0.29) is 17.5 Å². The largest absolute Gasteiger partial charge is 0.375 e. The van der Waals surface area contributed by atoms with E-state index in [2.05, 4.69) is 4.72 Å². The molecule has 1 aromatic carbocycles. The Bertz CT molecular complexity index is 756. The summed E-state index contributed by atoms with van der Waals surface area (Å²) in [6.45, 7) is 3.86. The van der Waals surface area contributed by atoms with E-state index in [0.717, 1.165) is 9.75 Å². The van der Waals surface area contributed by atoms with Crippen LogP contribution in [-0.2, 0) is 14.8 Å². The number of rotatable bonds is 6. The Hall–Kier alpha value is -0.920. The van der Waals surface area contributed by atoms with Crippen molar-refractivity contribution in [3.63, 3.8) is 0 Å². The minimum atomic E-state index is -3.63. The number of methoxy groups -OCH3 is 1. The van der Waals surface area contributed by atoms with E-state index < -0.39 is 10.0 Å². The molecular formula is C15H18ClNO3S2. The van der Waals surface area contributed by atoms with E-state index in [1.807, 2.05) is 19.1 Å². The topological polar surface area (TPSA) is 55.4 Å². The predicted molar refractivity (Wildman–Crippen MR) is 90.2 cm³/mol. The molecule has 0 spiro atoms. The summed E-state index contributed by atoms with van der Waals surface area (Å²) in [5.74, 6) is 0. The first-order chi connectivity index (χ1) is 10.3. The van der Waals surface area contributed by atoms with Crippen LogP contribution in [0.25, 0.3) is 0 Å². The molecule has 0 saturated heterocycles. The number of benzene rings is 1. The van der Waals surface area contributed by atoms with Gasteiger partial charge in [-0.25, -0.2) is 13.1 Å². The smallest absolute Gasteiger partial charge is 0.240 e. The van der Waals surface area contributed by atoms with Crippen LogP contribution in [0.4, 0.5) is 0 Å². The number of nitrogens with one attached hydrogen (secondary N) is 1. The molecule has 22 heavy (non-hydrogen) atoms. The van der Waals surface area contributed by atoms with Crippen LogP contribution in [0.3, 0.4) is 0 Å². The molecule has 0 amide bonds. The molecule has 0 aliphatic heterocycles. The van der Waals surface area contributed by atoms with E-state index in [1.165, 1.54) is 0 Å². The summed E-state index contributed by atoms with van der Waals surface area (Å²) in [5, 5.41) is 0.431. The first-order valence-electron chi connectivity index (χ1n) is 6.69. The highest BCUT2D eigenvalue weighted by atomic mass is 35.5. The number of halogens is 1. The van der Waals surface area contributed by atoms with Gasteiger partial charge in [0.25, 0.3) is 0 Å². The third-order valence-corrected chi connectivity index (χ3v) is 6.40. The van der Waals surface area contributed by atoms with Crippen LogP contribution in [0, 0.1) is 13.8 Å². The Morgan fingerprint density at radius 2 is 2.00 bits per heavy atom. The summed E-state index contributed by atoms with van der Waals surface area (Å²) in [7, 11) is -2.06. The third-order valence-electron chi connectivity index (χ3n) is 3.33. The van der Waals surface area contributed by atoms with Crippen molar-refractivity contribution in [2.24, 2.45) is 0 Å². The zero-order valence-electron chi connectivity index (χ0n) is 12.6. The van der Waals surface area contributed by atoms with Gasteiger partial charge in [-0.15, -0.1) is 11.3 Å². The second-order valence-electron chi connectivity index (χ2n) is 4.89. The van der Waals surface area contributed by atoms with Crippen molar-refractivity contribution >= 4 is 33.0 Å². The van der Waals surface area contributed by atoms with Crippen molar-refractivity contribution in [2.45, 2.75) is 24.8 Å². The van der Waals surface area contributed by atoms with Gasteiger partial charge in [0.1, 0.15) is 6.10 Å². The van der Waals surface area contributed by atoms with Crippen molar-refractivity contribution < 1.29 is 13.2 Å². The minimum Gasteiger partial charge on any atom is -0.375 e. The SMILES string of the molecule is CO[C@H](CNS(=O)(=O)c1cccc(Cl)c1C)c1ccc(C)s1. The van der Waals surface area contributed by atoms with Gasteiger partial charge >= 0.3 is 0 Å². The summed E-state index contributed by atoms with van der Waals surface area (Å²) >= 11 is 7.58. The van der Waals surface area contributed by atoms with Crippen molar-refractivity contribution in [2.75, 3.05) is 13.7 Å². The highest BCUT2D eigenvalue weighted by Gasteiger charge is 2.21. The van der Waals surface area contributed by atoms with Gasteiger partial charge < -0.3 is 4.74 Å². The monoisotopic (exact) mass is 359 g/mol. The standard InChI is InChI=1S/C15H18ClNO3S2/c1-10-7-8-14(21-10)13(20-3)9-17-22(18,19)15-6-4-5-12(16)11(15)2/h4-8,13,17H,9H2,1-3H3/t13-/m1/s1. The van der Waals surface area contributed by atoms with Gasteiger partial charge in [0, 0.05) is 28.4 Å². The second kappa shape index (κ2) is 7.10. The quantitative estimate of drug-likeness (QED) is 0.855. The fraction of sp³-hybridized carbons (Fsp3) is 0.333. The molecule has 0 unspecified atom stereocenters. The van der Waals surface area contributed by atoms with E-state index in [4.69, 9.17) is 16.3 Å². The lowest BCUT2D eigenvalue weighted by molar-refractivity contribution is 0.110. The van der Waals surface area contributed by atoms with Crippen LogP contribution in [-0.4, -0.2) is 22.1 Å². The Kier molecular flexibility index (Phi) is 5.63. The van der Waals surface area contributed by atoms with Crippen LogP contribution in [0.5, 0.6) is 0 Å². The lowest BCUT2D eigenvalue weighted by Gasteiger charge is -2.16. The molecule has 1 aromatic heterocycles. The molecule has 7 heteroatoms. The lowest BCUT2D eigenvalue weighted by atomic mass is 10.2. The summed E-state index contributed by atoms with van der Waals surface area (Å²) < 4.78 is 32.9. The molecule has 1 N–H and O–H groups in total. The van der Waals surface area contributed by atoms with Crippen LogP contribution in [0.15, 0.2) is 35.2 Å². The van der Waals surface area contributed by atoms with Crippen molar-refractivity contribution in [1.29, 1.82) is 0 Å². The maximum atomic E-state index is 12.4. The molecule has 0 aliphatic carbocycles. The highest BCUT2D eigenvalue weighted by Crippen LogP contribution is 2.26. The number of sulfonamides is 1. The highest BCUT2D eigenvalue weighted by molar-refractivity contribution is 7.89. The molecule has 1 heterocycles. The molecule has 0 bridgehead atoms. The summed E-state index contributed by atoms with van der Waals surface area (Å²) in [6.07, 6.45) is -0.312. The minimum absolute atomic E-state index is 0.171. The fourth-order valence-corrected chi connectivity index (χ4v) is 4.55. The van der Waals surface area contributed by atoms with E-state index in [0.29, 0.717) is 10.6 Å². The molecule has 2 aromatic rings. The van der Waals surface area contributed by atoms with E-state index in [9.17, 15) is 8.42 Å². The van der Waals surface area contributed by atoms with Gasteiger partial charge in [-0.3, -0.25) is 0 Å². The first-order valence-corrected chi connectivity index (χ1v) is 9.37. The number of thiophene rings is 1. The summed E-state index contributed by atoms with van der Waals surface area (Å²) in [4.78, 5) is 2.34.